The summed E-state index contributed by atoms with van der Waals surface area (Å²) in [6.07, 6.45) is 0.317. The highest BCUT2D eigenvalue weighted by Crippen LogP contribution is 2.39. The number of aliphatic imine (C=N–C) groups is 1. The predicted octanol–water partition coefficient (Wildman–Crippen LogP) is 5.56. The number of aryl methyl sites for hydroxylation is 2. The van der Waals surface area contributed by atoms with E-state index in [-0.39, 0.29) is 24.8 Å². The lowest BCUT2D eigenvalue weighted by molar-refractivity contribution is -0.142. The van der Waals surface area contributed by atoms with E-state index < -0.39 is 6.04 Å². The minimum absolute atomic E-state index is 0.0664. The number of methoxy groups -OCH3 is 1. The second-order valence-electron chi connectivity index (χ2n) is 9.56. The quantitative estimate of drug-likeness (QED) is 0.283. The molecular weight excluding hydrogens is 526 g/mol. The first-order chi connectivity index (χ1) is 19.3. The summed E-state index contributed by atoms with van der Waals surface area (Å²) in [5.41, 5.74) is 6.63. The Bertz CT molecular complexity index is 1590. The number of hydrogen-bond donors (Lipinski definition) is 1. The molecule has 10 heteroatoms. The number of ether oxygens (including phenoxy) is 2. The molecule has 2 aromatic carbocycles. The molecule has 9 nitrogen and oxygen atoms in total. The summed E-state index contributed by atoms with van der Waals surface area (Å²) in [5.74, 6) is 0.788. The number of esters is 2. The van der Waals surface area contributed by atoms with Gasteiger partial charge in [0.2, 0.25) is 0 Å². The predicted molar refractivity (Wildman–Crippen MR) is 155 cm³/mol. The average molecular weight is 558 g/mol. The number of nitrogens with one attached hydrogen (secondary N) is 1. The molecule has 4 aromatic rings. The third kappa shape index (κ3) is 5.40. The maximum Gasteiger partial charge on any atom is 0.310 e. The van der Waals surface area contributed by atoms with Gasteiger partial charge < -0.3 is 14.8 Å². The van der Waals surface area contributed by atoms with Gasteiger partial charge >= 0.3 is 11.9 Å². The maximum absolute atomic E-state index is 12.3. The van der Waals surface area contributed by atoms with Gasteiger partial charge in [0, 0.05) is 27.4 Å². The molecule has 0 aliphatic carbocycles. The van der Waals surface area contributed by atoms with E-state index in [0.717, 1.165) is 50.2 Å². The van der Waals surface area contributed by atoms with Crippen LogP contribution in [0, 0.1) is 20.8 Å². The first-order valence-electron chi connectivity index (χ1n) is 13.1. The highest BCUT2D eigenvalue weighted by molar-refractivity contribution is 7.15. The van der Waals surface area contributed by atoms with Crippen molar-refractivity contribution in [3.63, 3.8) is 0 Å². The van der Waals surface area contributed by atoms with E-state index >= 15 is 0 Å². The van der Waals surface area contributed by atoms with Gasteiger partial charge in [-0.15, -0.1) is 21.5 Å². The van der Waals surface area contributed by atoms with E-state index in [1.54, 1.807) is 18.3 Å². The molecular formula is C30H31N5O4S. The second-order valence-corrected chi connectivity index (χ2v) is 10.8. The lowest BCUT2D eigenvalue weighted by Crippen LogP contribution is -2.12. The lowest BCUT2D eigenvalue weighted by Gasteiger charge is -2.13. The number of thiophene rings is 1. The molecule has 0 unspecified atom stereocenters. The fourth-order valence-corrected chi connectivity index (χ4v) is 5.94. The van der Waals surface area contributed by atoms with Crippen molar-refractivity contribution in [1.82, 2.24) is 14.8 Å². The van der Waals surface area contributed by atoms with Crippen LogP contribution in [0.25, 0.3) is 5.00 Å². The van der Waals surface area contributed by atoms with Crippen LogP contribution in [0.15, 0.2) is 53.5 Å². The zero-order valence-corrected chi connectivity index (χ0v) is 24.0. The van der Waals surface area contributed by atoms with Crippen LogP contribution in [0.1, 0.15) is 58.2 Å². The number of benzene rings is 2. The summed E-state index contributed by atoms with van der Waals surface area (Å²) in [6.45, 7) is 8.29. The Morgan fingerprint density at radius 1 is 0.975 bits per heavy atom. The van der Waals surface area contributed by atoms with Gasteiger partial charge in [-0.1, -0.05) is 24.3 Å². The van der Waals surface area contributed by atoms with Gasteiger partial charge in [0.05, 0.1) is 32.3 Å². The molecule has 0 fully saturated rings. The van der Waals surface area contributed by atoms with Crippen LogP contribution in [0.4, 0.5) is 11.4 Å². The number of anilines is 2. The standard InChI is InChI=1S/C30H31N5O4S/c1-6-39-26(37)15-20-7-11-22(12-8-20)31-23-13-9-21(10-14-23)28-27-17(2)18(3)40-30(27)35-19(4)33-34-29(35)24(32-28)16-25(36)38-5/h7-14,24,31H,6,15-16H2,1-5H3/t24-/m0/s1. The van der Waals surface area contributed by atoms with Crippen molar-refractivity contribution >= 4 is 40.4 Å². The van der Waals surface area contributed by atoms with Crippen LogP contribution in [0.3, 0.4) is 0 Å². The highest BCUT2D eigenvalue weighted by Gasteiger charge is 2.32. The molecule has 3 heterocycles. The average Bonchev–Trinajstić information content (AvgIpc) is 3.42. The third-order valence-corrected chi connectivity index (χ3v) is 8.07. The zero-order valence-electron chi connectivity index (χ0n) is 23.1. The first-order valence-corrected chi connectivity index (χ1v) is 13.9. The Balaban J connectivity index is 1.46. The van der Waals surface area contributed by atoms with Crippen molar-refractivity contribution in [2.24, 2.45) is 4.99 Å². The summed E-state index contributed by atoms with van der Waals surface area (Å²) < 4.78 is 12.0. The smallest absolute Gasteiger partial charge is 0.310 e. The Labute approximate surface area is 236 Å². The van der Waals surface area contributed by atoms with Crippen molar-refractivity contribution in [2.75, 3.05) is 19.0 Å². The highest BCUT2D eigenvalue weighted by atomic mass is 32.1. The molecule has 206 valence electrons. The summed E-state index contributed by atoms with van der Waals surface area (Å²) in [4.78, 5) is 30.4. The molecule has 0 saturated carbocycles. The van der Waals surface area contributed by atoms with Crippen LogP contribution in [-0.4, -0.2) is 46.1 Å². The normalized spacial score (nSPS) is 14.0. The Morgan fingerprint density at radius 3 is 2.30 bits per heavy atom. The van der Waals surface area contributed by atoms with Crippen LogP contribution in [-0.2, 0) is 25.5 Å². The molecule has 0 saturated heterocycles. The minimum atomic E-state index is -0.533. The SMILES string of the molecule is CCOC(=O)Cc1ccc(Nc2ccc(C3=N[C@@H](CC(=O)OC)c4nnc(C)n4-c4sc(C)c(C)c43)cc2)cc1. The van der Waals surface area contributed by atoms with Crippen molar-refractivity contribution < 1.29 is 19.1 Å². The molecule has 1 aliphatic rings. The van der Waals surface area contributed by atoms with Gasteiger partial charge in [0.1, 0.15) is 16.9 Å². The van der Waals surface area contributed by atoms with Crippen molar-refractivity contribution in [2.45, 2.75) is 46.6 Å². The maximum atomic E-state index is 12.3. The van der Waals surface area contributed by atoms with E-state index in [4.69, 9.17) is 14.5 Å². The molecule has 0 amide bonds. The minimum Gasteiger partial charge on any atom is -0.469 e. The van der Waals surface area contributed by atoms with Crippen LogP contribution < -0.4 is 5.32 Å². The van der Waals surface area contributed by atoms with Gasteiger partial charge in [0.25, 0.3) is 0 Å². The van der Waals surface area contributed by atoms with Gasteiger partial charge in [-0.3, -0.25) is 19.1 Å². The third-order valence-electron chi connectivity index (χ3n) is 6.88. The molecule has 0 radical (unpaired) electrons. The van der Waals surface area contributed by atoms with Gasteiger partial charge in [-0.2, -0.15) is 0 Å². The van der Waals surface area contributed by atoms with Gasteiger partial charge in [-0.25, -0.2) is 0 Å². The molecule has 1 atom stereocenters. The van der Waals surface area contributed by atoms with E-state index in [1.807, 2.05) is 60.0 Å². The number of fused-ring (bicyclic) bond motifs is 3. The Morgan fingerprint density at radius 2 is 1.65 bits per heavy atom. The van der Waals surface area contributed by atoms with Gasteiger partial charge in [0.15, 0.2) is 5.82 Å². The number of nitrogens with zero attached hydrogens (tertiary/aromatic N) is 4. The summed E-state index contributed by atoms with van der Waals surface area (Å²) in [6, 6.07) is 15.2. The Hall–Kier alpha value is -4.31. The van der Waals surface area contributed by atoms with Crippen LogP contribution >= 0.6 is 11.3 Å². The fourth-order valence-electron chi connectivity index (χ4n) is 4.73. The zero-order chi connectivity index (χ0) is 28.4. The fraction of sp³-hybridized carbons (Fsp3) is 0.300. The molecule has 40 heavy (non-hydrogen) atoms. The van der Waals surface area contributed by atoms with E-state index in [1.165, 1.54) is 12.0 Å². The van der Waals surface area contributed by atoms with Crippen LogP contribution in [0.5, 0.6) is 0 Å². The summed E-state index contributed by atoms with van der Waals surface area (Å²) in [5, 5.41) is 13.1. The van der Waals surface area contributed by atoms with E-state index in [0.29, 0.717) is 12.4 Å². The number of carbonyl (C=O) groups is 2. The van der Waals surface area contributed by atoms with E-state index in [2.05, 4.69) is 29.4 Å². The largest absolute Gasteiger partial charge is 0.469 e. The molecule has 0 spiro atoms. The monoisotopic (exact) mass is 557 g/mol. The molecule has 5 rings (SSSR count). The van der Waals surface area contributed by atoms with Crippen molar-refractivity contribution in [1.29, 1.82) is 0 Å². The van der Waals surface area contributed by atoms with Crippen LogP contribution in [0.2, 0.25) is 0 Å². The topological polar surface area (TPSA) is 108 Å². The van der Waals surface area contributed by atoms with E-state index in [9.17, 15) is 9.59 Å². The van der Waals surface area contributed by atoms with Crippen molar-refractivity contribution in [3.8, 4) is 5.00 Å². The molecule has 1 N–H and O–H groups in total. The Kier molecular flexibility index (Phi) is 7.79. The number of hydrogen-bond acceptors (Lipinski definition) is 9. The molecule has 0 bridgehead atoms. The number of aromatic nitrogens is 3. The lowest BCUT2D eigenvalue weighted by atomic mass is 9.99. The molecule has 2 aromatic heterocycles. The first kappa shape index (κ1) is 27.3. The summed E-state index contributed by atoms with van der Waals surface area (Å²) in [7, 11) is 1.38. The number of carbonyl (C=O) groups excluding carboxylic acids is 2. The van der Waals surface area contributed by atoms with Gasteiger partial charge in [-0.05, 0) is 63.1 Å². The molecule has 1 aliphatic heterocycles. The number of rotatable bonds is 8. The second kappa shape index (κ2) is 11.4. The summed E-state index contributed by atoms with van der Waals surface area (Å²) >= 11 is 1.67. The van der Waals surface area contributed by atoms with Crippen molar-refractivity contribution in [3.05, 3.63) is 87.3 Å².